The number of rotatable bonds is 4. The van der Waals surface area contributed by atoms with Gasteiger partial charge in [-0.1, -0.05) is 30.3 Å². The van der Waals surface area contributed by atoms with Gasteiger partial charge in [0.15, 0.2) is 5.78 Å². The van der Waals surface area contributed by atoms with Crippen molar-refractivity contribution in [3.8, 4) is 11.4 Å². The molecule has 3 aromatic rings. The predicted molar refractivity (Wildman–Crippen MR) is 80.6 cm³/mol. The summed E-state index contributed by atoms with van der Waals surface area (Å²) in [6.45, 7) is 0. The standard InChI is InChI=1S/C16H12N4O2/c21-15-6-1-3-12(9-15)7-8-16(22)13-4-2-5-14(10-13)20-11-17-18-19-20/h1-11,21H/b8-7+. The first-order valence-electron chi connectivity index (χ1n) is 6.57. The van der Waals surface area contributed by atoms with Crippen molar-refractivity contribution in [1.82, 2.24) is 20.2 Å². The van der Waals surface area contributed by atoms with Crippen molar-refractivity contribution in [3.63, 3.8) is 0 Å². The number of benzene rings is 2. The monoisotopic (exact) mass is 292 g/mol. The average molecular weight is 292 g/mol. The first kappa shape index (κ1) is 13.7. The number of phenols is 1. The third-order valence-corrected chi connectivity index (χ3v) is 3.04. The minimum Gasteiger partial charge on any atom is -0.508 e. The van der Waals surface area contributed by atoms with Crippen LogP contribution >= 0.6 is 0 Å². The Morgan fingerprint density at radius 2 is 2.00 bits per heavy atom. The molecule has 1 N–H and O–H groups in total. The molecule has 0 unspecified atom stereocenters. The van der Waals surface area contributed by atoms with Gasteiger partial charge >= 0.3 is 0 Å². The van der Waals surface area contributed by atoms with E-state index >= 15 is 0 Å². The fourth-order valence-corrected chi connectivity index (χ4v) is 1.98. The van der Waals surface area contributed by atoms with Crippen LogP contribution in [0.15, 0.2) is 60.9 Å². The lowest BCUT2D eigenvalue weighted by atomic mass is 10.1. The molecule has 0 saturated carbocycles. The van der Waals surface area contributed by atoms with Crippen LogP contribution in [-0.2, 0) is 0 Å². The van der Waals surface area contributed by atoms with Gasteiger partial charge in [-0.15, -0.1) is 5.10 Å². The fraction of sp³-hybridized carbons (Fsp3) is 0. The van der Waals surface area contributed by atoms with E-state index in [2.05, 4.69) is 15.5 Å². The molecular weight excluding hydrogens is 280 g/mol. The minimum absolute atomic E-state index is 0.140. The molecule has 0 spiro atoms. The molecule has 0 bridgehead atoms. The van der Waals surface area contributed by atoms with Crippen LogP contribution in [0.4, 0.5) is 0 Å². The number of aromatic hydroxyl groups is 1. The molecule has 22 heavy (non-hydrogen) atoms. The van der Waals surface area contributed by atoms with Crippen molar-refractivity contribution in [3.05, 3.63) is 72.1 Å². The second-order valence-electron chi connectivity index (χ2n) is 4.60. The molecule has 0 radical (unpaired) electrons. The summed E-state index contributed by atoms with van der Waals surface area (Å²) in [6, 6.07) is 13.7. The molecule has 0 amide bonds. The average Bonchev–Trinajstić information content (AvgIpc) is 3.07. The van der Waals surface area contributed by atoms with E-state index in [4.69, 9.17) is 0 Å². The third kappa shape index (κ3) is 3.06. The lowest BCUT2D eigenvalue weighted by Gasteiger charge is -2.01. The van der Waals surface area contributed by atoms with Gasteiger partial charge in [-0.3, -0.25) is 4.79 Å². The number of carbonyl (C=O) groups is 1. The molecular formula is C16H12N4O2. The molecule has 1 heterocycles. The molecule has 1 aromatic heterocycles. The van der Waals surface area contributed by atoms with Crippen LogP contribution in [0.2, 0.25) is 0 Å². The SMILES string of the molecule is O=C(/C=C/c1cccc(O)c1)c1cccc(-n2cnnn2)c1. The lowest BCUT2D eigenvalue weighted by Crippen LogP contribution is -1.99. The number of allylic oxidation sites excluding steroid dienone is 1. The van der Waals surface area contributed by atoms with E-state index in [0.717, 1.165) is 5.56 Å². The van der Waals surface area contributed by atoms with Crippen molar-refractivity contribution in [2.24, 2.45) is 0 Å². The second-order valence-corrected chi connectivity index (χ2v) is 4.60. The number of tetrazole rings is 1. The molecule has 0 aliphatic carbocycles. The summed E-state index contributed by atoms with van der Waals surface area (Å²) in [5.41, 5.74) is 2.00. The summed E-state index contributed by atoms with van der Waals surface area (Å²) in [5, 5.41) is 20.3. The highest BCUT2D eigenvalue weighted by molar-refractivity contribution is 6.07. The van der Waals surface area contributed by atoms with E-state index in [1.165, 1.54) is 17.1 Å². The molecule has 3 rings (SSSR count). The van der Waals surface area contributed by atoms with Crippen LogP contribution in [0.3, 0.4) is 0 Å². The van der Waals surface area contributed by atoms with Crippen molar-refractivity contribution in [1.29, 1.82) is 0 Å². The summed E-state index contributed by atoms with van der Waals surface area (Å²) in [6.07, 6.45) is 4.59. The Labute approximate surface area is 126 Å². The zero-order valence-electron chi connectivity index (χ0n) is 11.5. The van der Waals surface area contributed by atoms with Gasteiger partial charge < -0.3 is 5.11 Å². The molecule has 0 aliphatic heterocycles. The van der Waals surface area contributed by atoms with Gasteiger partial charge in [0.25, 0.3) is 0 Å². The van der Waals surface area contributed by atoms with Gasteiger partial charge in [0.05, 0.1) is 5.69 Å². The second kappa shape index (κ2) is 6.01. The smallest absolute Gasteiger partial charge is 0.185 e. The summed E-state index contributed by atoms with van der Waals surface area (Å²) in [7, 11) is 0. The topological polar surface area (TPSA) is 80.9 Å². The third-order valence-electron chi connectivity index (χ3n) is 3.04. The van der Waals surface area contributed by atoms with Crippen molar-refractivity contribution in [2.75, 3.05) is 0 Å². The van der Waals surface area contributed by atoms with E-state index in [0.29, 0.717) is 11.3 Å². The molecule has 108 valence electrons. The van der Waals surface area contributed by atoms with Crippen molar-refractivity contribution in [2.45, 2.75) is 0 Å². The number of phenolic OH excluding ortho intramolecular Hbond substituents is 1. The maximum Gasteiger partial charge on any atom is 0.185 e. The van der Waals surface area contributed by atoms with E-state index in [9.17, 15) is 9.90 Å². The van der Waals surface area contributed by atoms with Crippen molar-refractivity contribution >= 4 is 11.9 Å². The number of hydrogen-bond acceptors (Lipinski definition) is 5. The van der Waals surface area contributed by atoms with Crippen molar-refractivity contribution < 1.29 is 9.90 Å². The summed E-state index contributed by atoms with van der Waals surface area (Å²) < 4.78 is 1.48. The van der Waals surface area contributed by atoms with Gasteiger partial charge in [-0.05, 0) is 46.3 Å². The largest absolute Gasteiger partial charge is 0.508 e. The summed E-state index contributed by atoms with van der Waals surface area (Å²) >= 11 is 0. The Bertz CT molecular complexity index is 826. The maximum atomic E-state index is 12.2. The van der Waals surface area contributed by atoms with E-state index in [-0.39, 0.29) is 11.5 Å². The molecule has 0 saturated heterocycles. The van der Waals surface area contributed by atoms with E-state index in [1.54, 1.807) is 48.5 Å². The molecule has 0 atom stereocenters. The quantitative estimate of drug-likeness (QED) is 0.589. The first-order chi connectivity index (χ1) is 10.7. The number of nitrogens with zero attached hydrogens (tertiary/aromatic N) is 4. The Balaban J connectivity index is 1.82. The van der Waals surface area contributed by atoms with Crippen LogP contribution in [-0.4, -0.2) is 31.1 Å². The number of hydrogen-bond donors (Lipinski definition) is 1. The number of ketones is 1. The zero-order chi connectivity index (χ0) is 15.4. The van der Waals surface area contributed by atoms with E-state index < -0.39 is 0 Å². The van der Waals surface area contributed by atoms with Crippen LogP contribution in [0, 0.1) is 0 Å². The van der Waals surface area contributed by atoms with Crippen LogP contribution in [0.5, 0.6) is 5.75 Å². The fourth-order valence-electron chi connectivity index (χ4n) is 1.98. The Kier molecular flexibility index (Phi) is 3.74. The Morgan fingerprint density at radius 3 is 2.77 bits per heavy atom. The molecule has 6 heteroatoms. The number of aromatic nitrogens is 4. The minimum atomic E-state index is -0.140. The normalized spacial score (nSPS) is 10.9. The van der Waals surface area contributed by atoms with Gasteiger partial charge in [0.1, 0.15) is 12.1 Å². The highest BCUT2D eigenvalue weighted by Gasteiger charge is 2.05. The number of carbonyl (C=O) groups excluding carboxylic acids is 1. The van der Waals surface area contributed by atoms with Gasteiger partial charge in [-0.2, -0.15) is 0 Å². The Morgan fingerprint density at radius 1 is 1.14 bits per heavy atom. The van der Waals surface area contributed by atoms with Crippen LogP contribution in [0.1, 0.15) is 15.9 Å². The predicted octanol–water partition coefficient (Wildman–Crippen LogP) is 2.26. The lowest BCUT2D eigenvalue weighted by molar-refractivity contribution is 0.104. The zero-order valence-corrected chi connectivity index (χ0v) is 11.5. The molecule has 0 fully saturated rings. The van der Waals surface area contributed by atoms with Crippen LogP contribution < -0.4 is 0 Å². The summed E-state index contributed by atoms with van der Waals surface area (Å²) in [5.74, 6) is 0.0218. The molecule has 0 aliphatic rings. The highest BCUT2D eigenvalue weighted by atomic mass is 16.3. The summed E-state index contributed by atoms with van der Waals surface area (Å²) in [4.78, 5) is 12.2. The first-order valence-corrected chi connectivity index (χ1v) is 6.57. The van der Waals surface area contributed by atoms with E-state index in [1.807, 2.05) is 6.07 Å². The van der Waals surface area contributed by atoms with Gasteiger partial charge in [0.2, 0.25) is 0 Å². The van der Waals surface area contributed by atoms with Gasteiger partial charge in [0, 0.05) is 5.56 Å². The molecule has 2 aromatic carbocycles. The maximum absolute atomic E-state index is 12.2. The molecule has 6 nitrogen and oxygen atoms in total. The highest BCUT2D eigenvalue weighted by Crippen LogP contribution is 2.14. The Hall–Kier alpha value is -3.28. The van der Waals surface area contributed by atoms with Gasteiger partial charge in [-0.25, -0.2) is 4.68 Å². The van der Waals surface area contributed by atoms with Crippen LogP contribution in [0.25, 0.3) is 11.8 Å².